The average Bonchev–Trinajstić information content (AvgIpc) is 3.14. The predicted octanol–water partition coefficient (Wildman–Crippen LogP) is 3.05. The number of urea groups is 1. The van der Waals surface area contributed by atoms with Crippen molar-refractivity contribution in [3.63, 3.8) is 0 Å². The quantitative estimate of drug-likeness (QED) is 0.854. The van der Waals surface area contributed by atoms with E-state index in [4.69, 9.17) is 0 Å². The third-order valence-electron chi connectivity index (χ3n) is 6.56. The van der Waals surface area contributed by atoms with Gasteiger partial charge in [-0.05, 0) is 31.7 Å². The van der Waals surface area contributed by atoms with E-state index in [1.54, 1.807) is 6.20 Å². The molecular formula is C22H30N4O2. The van der Waals surface area contributed by atoms with Crippen LogP contribution in [0.5, 0.6) is 0 Å². The third-order valence-corrected chi connectivity index (χ3v) is 6.56. The Balaban J connectivity index is 1.44. The lowest BCUT2D eigenvalue weighted by atomic mass is 9.66. The number of nitrogens with zero attached hydrogens (tertiary/aromatic N) is 3. The van der Waals surface area contributed by atoms with Gasteiger partial charge in [0.25, 0.3) is 0 Å². The highest BCUT2D eigenvalue weighted by Gasteiger charge is 2.50. The normalized spacial score (nSPS) is 27.3. The number of piperidine rings is 1. The number of fused-ring (bicyclic) bond motifs is 1. The first-order valence-corrected chi connectivity index (χ1v) is 10.4. The Morgan fingerprint density at radius 3 is 2.82 bits per heavy atom. The molecule has 0 radical (unpaired) electrons. The zero-order chi connectivity index (χ0) is 19.6. The van der Waals surface area contributed by atoms with Crippen LogP contribution in [0.15, 0.2) is 42.7 Å². The zero-order valence-corrected chi connectivity index (χ0v) is 16.6. The number of hydrogen-bond acceptors (Lipinski definition) is 3. The molecule has 2 aromatic rings. The molecule has 2 N–H and O–H groups in total. The number of carbonyl (C=O) groups is 1. The molecule has 6 nitrogen and oxygen atoms in total. The van der Waals surface area contributed by atoms with Gasteiger partial charge in [-0.15, -0.1) is 0 Å². The minimum Gasteiger partial charge on any atom is -0.385 e. The van der Waals surface area contributed by atoms with Gasteiger partial charge in [0.15, 0.2) is 0 Å². The largest absolute Gasteiger partial charge is 0.385 e. The number of hydrogen-bond donors (Lipinski definition) is 2. The van der Waals surface area contributed by atoms with Gasteiger partial charge in [0, 0.05) is 44.0 Å². The molecule has 4 rings (SSSR count). The number of aryl methyl sites for hydroxylation is 1. The molecule has 28 heavy (non-hydrogen) atoms. The summed E-state index contributed by atoms with van der Waals surface area (Å²) >= 11 is 0. The molecule has 1 aliphatic carbocycles. The molecular weight excluding hydrogens is 352 g/mol. The summed E-state index contributed by atoms with van der Waals surface area (Å²) < 4.78 is 2.04. The molecule has 1 saturated carbocycles. The van der Waals surface area contributed by atoms with Crippen molar-refractivity contribution in [2.45, 2.75) is 57.2 Å². The third kappa shape index (κ3) is 3.53. The van der Waals surface area contributed by atoms with E-state index >= 15 is 0 Å². The zero-order valence-electron chi connectivity index (χ0n) is 16.6. The number of benzene rings is 1. The van der Waals surface area contributed by atoms with Crippen LogP contribution < -0.4 is 5.32 Å². The molecule has 1 aliphatic heterocycles. The Bertz CT molecular complexity index is 806. The molecule has 6 heteroatoms. The summed E-state index contributed by atoms with van der Waals surface area (Å²) in [7, 11) is 0. The monoisotopic (exact) mass is 382 g/mol. The number of likely N-dealkylation sites (tertiary alicyclic amines) is 1. The van der Waals surface area contributed by atoms with Gasteiger partial charge in [0.1, 0.15) is 5.82 Å². The van der Waals surface area contributed by atoms with Crippen LogP contribution in [0.4, 0.5) is 4.79 Å². The Kier molecular flexibility index (Phi) is 5.40. The maximum Gasteiger partial charge on any atom is 0.317 e. The molecule has 0 bridgehead atoms. The first kappa shape index (κ1) is 19.0. The minimum atomic E-state index is -0.836. The second-order valence-corrected chi connectivity index (χ2v) is 8.09. The molecule has 1 aromatic heterocycles. The number of carbonyl (C=O) groups excluding carboxylic acids is 1. The van der Waals surface area contributed by atoms with Crippen LogP contribution in [0, 0.1) is 12.8 Å². The maximum absolute atomic E-state index is 12.9. The molecule has 3 atom stereocenters. The predicted molar refractivity (Wildman–Crippen MR) is 108 cm³/mol. The van der Waals surface area contributed by atoms with Gasteiger partial charge in [-0.3, -0.25) is 0 Å². The lowest BCUT2D eigenvalue weighted by molar-refractivity contribution is -0.108. The summed E-state index contributed by atoms with van der Waals surface area (Å²) in [5.41, 5.74) is 0.152. The van der Waals surface area contributed by atoms with Crippen molar-refractivity contribution < 1.29 is 9.90 Å². The number of rotatable bonds is 4. The van der Waals surface area contributed by atoms with Gasteiger partial charge in [-0.25, -0.2) is 9.78 Å². The molecule has 0 unspecified atom stereocenters. The Hall–Kier alpha value is -2.34. The second kappa shape index (κ2) is 7.95. The molecule has 2 aliphatic rings. The van der Waals surface area contributed by atoms with Crippen LogP contribution in [-0.4, -0.2) is 44.7 Å². The first-order chi connectivity index (χ1) is 13.6. The second-order valence-electron chi connectivity index (χ2n) is 8.09. The maximum atomic E-state index is 12.9. The fourth-order valence-corrected chi connectivity index (χ4v) is 5.05. The topological polar surface area (TPSA) is 70.4 Å². The molecule has 0 spiro atoms. The molecule has 150 valence electrons. The van der Waals surface area contributed by atoms with Crippen molar-refractivity contribution >= 4 is 6.03 Å². The molecule has 2 heterocycles. The number of aromatic nitrogens is 2. The summed E-state index contributed by atoms with van der Waals surface area (Å²) in [5, 5.41) is 14.7. The molecule has 1 aromatic carbocycles. The van der Waals surface area contributed by atoms with Gasteiger partial charge in [-0.1, -0.05) is 43.2 Å². The van der Waals surface area contributed by atoms with Gasteiger partial charge in [0.2, 0.25) is 0 Å². The minimum absolute atomic E-state index is 0.00946. The van der Waals surface area contributed by atoms with Crippen LogP contribution in [0.2, 0.25) is 0 Å². The van der Waals surface area contributed by atoms with Crippen LogP contribution in [0.25, 0.3) is 0 Å². The smallest absolute Gasteiger partial charge is 0.317 e. The van der Waals surface area contributed by atoms with Gasteiger partial charge in [0.05, 0.1) is 5.60 Å². The highest BCUT2D eigenvalue weighted by atomic mass is 16.3. The lowest BCUT2D eigenvalue weighted by Gasteiger charge is -2.52. The highest BCUT2D eigenvalue weighted by Crippen LogP contribution is 2.46. The number of nitrogens with one attached hydrogen (secondary N) is 1. The highest BCUT2D eigenvalue weighted by molar-refractivity contribution is 5.74. The summed E-state index contributed by atoms with van der Waals surface area (Å²) in [6, 6.07) is 10.1. The van der Waals surface area contributed by atoms with Gasteiger partial charge < -0.3 is 19.9 Å². The summed E-state index contributed by atoms with van der Waals surface area (Å²) in [6.45, 7) is 3.84. The Labute approximate surface area is 166 Å². The van der Waals surface area contributed by atoms with Crippen molar-refractivity contribution in [1.82, 2.24) is 19.8 Å². The van der Waals surface area contributed by atoms with E-state index in [2.05, 4.69) is 10.3 Å². The first-order valence-electron chi connectivity index (χ1n) is 10.4. The van der Waals surface area contributed by atoms with Crippen molar-refractivity contribution in [3.8, 4) is 0 Å². The van der Waals surface area contributed by atoms with Crippen LogP contribution >= 0.6 is 0 Å². The SMILES string of the molecule is Cc1nccn1CCNC(=O)N1CC[C@@](O)(c2ccccc2)[C@H]2CCCC[C@H]21. The van der Waals surface area contributed by atoms with Crippen molar-refractivity contribution in [1.29, 1.82) is 0 Å². The van der Waals surface area contributed by atoms with E-state index in [0.29, 0.717) is 26.1 Å². The van der Waals surface area contributed by atoms with Gasteiger partial charge >= 0.3 is 6.03 Å². The number of imidazole rings is 1. The lowest BCUT2D eigenvalue weighted by Crippen LogP contribution is -2.60. The van der Waals surface area contributed by atoms with Crippen molar-refractivity contribution in [2.24, 2.45) is 5.92 Å². The Morgan fingerprint density at radius 1 is 1.29 bits per heavy atom. The molecule has 1 saturated heterocycles. The van der Waals surface area contributed by atoms with Crippen LogP contribution in [0.1, 0.15) is 43.5 Å². The van der Waals surface area contributed by atoms with E-state index in [1.165, 1.54) is 0 Å². The fourth-order valence-electron chi connectivity index (χ4n) is 5.05. The van der Waals surface area contributed by atoms with E-state index in [0.717, 1.165) is 37.1 Å². The van der Waals surface area contributed by atoms with Crippen LogP contribution in [-0.2, 0) is 12.1 Å². The van der Waals surface area contributed by atoms with Crippen LogP contribution in [0.3, 0.4) is 0 Å². The summed E-state index contributed by atoms with van der Waals surface area (Å²) in [4.78, 5) is 19.1. The number of amides is 2. The molecule has 2 amide bonds. The van der Waals surface area contributed by atoms with Crippen molar-refractivity contribution in [2.75, 3.05) is 13.1 Å². The van der Waals surface area contributed by atoms with E-state index in [-0.39, 0.29) is 18.0 Å². The fraction of sp³-hybridized carbons (Fsp3) is 0.545. The summed E-state index contributed by atoms with van der Waals surface area (Å²) in [6.07, 6.45) is 8.46. The standard InChI is InChI=1S/C22H30N4O2/c1-17-23-12-15-25(17)16-13-24-21(27)26-14-11-22(28,18-7-3-2-4-8-18)19-9-5-6-10-20(19)26/h2-4,7-8,12,15,19-20,28H,5-6,9-11,13-14,16H2,1H3,(H,24,27)/t19-,20+,22+/m0/s1. The molecule has 2 fully saturated rings. The Morgan fingerprint density at radius 2 is 2.07 bits per heavy atom. The summed E-state index contributed by atoms with van der Waals surface area (Å²) in [5.74, 6) is 1.05. The van der Waals surface area contributed by atoms with E-state index < -0.39 is 5.60 Å². The number of aliphatic hydroxyl groups is 1. The van der Waals surface area contributed by atoms with E-state index in [9.17, 15) is 9.90 Å². The van der Waals surface area contributed by atoms with Gasteiger partial charge in [-0.2, -0.15) is 0 Å². The van der Waals surface area contributed by atoms with E-state index in [1.807, 2.05) is 52.9 Å². The average molecular weight is 383 g/mol. The van der Waals surface area contributed by atoms with Crippen molar-refractivity contribution in [3.05, 3.63) is 54.1 Å².